The number of hydrogen-bond acceptors (Lipinski definition) is 4. The average Bonchev–Trinajstić information content (AvgIpc) is 2.68. The molecule has 0 bridgehead atoms. The largest absolute Gasteiger partial charge is 0.369 e. The molecule has 1 heterocycles. The molecule has 5 heteroatoms. The van der Waals surface area contributed by atoms with E-state index >= 15 is 0 Å². The summed E-state index contributed by atoms with van der Waals surface area (Å²) in [5.41, 5.74) is 4.58. The van der Waals surface area contributed by atoms with Gasteiger partial charge in [0, 0.05) is 57.1 Å². The number of benzene rings is 2. The number of carbonyl (C=O) groups is 1. The van der Waals surface area contributed by atoms with Gasteiger partial charge in [0.2, 0.25) is 5.91 Å². The third-order valence-corrected chi connectivity index (χ3v) is 5.00. The maximum Gasteiger partial charge on any atom is 0.225 e. The van der Waals surface area contributed by atoms with Crippen LogP contribution in [0.4, 0.5) is 11.4 Å². The van der Waals surface area contributed by atoms with Crippen LogP contribution >= 0.6 is 0 Å². The van der Waals surface area contributed by atoms with E-state index in [4.69, 9.17) is 0 Å². The Bertz CT molecular complexity index is 719. The SMILES string of the molecule is Cc1ccc(CNCCC(=O)Nc2ccc(N3CCN(C)CC3)cc2)cc1. The second-order valence-electron chi connectivity index (χ2n) is 7.30. The van der Waals surface area contributed by atoms with Crippen molar-refractivity contribution < 1.29 is 4.79 Å². The molecule has 0 atom stereocenters. The van der Waals surface area contributed by atoms with Crippen molar-refractivity contribution in [2.45, 2.75) is 19.9 Å². The van der Waals surface area contributed by atoms with E-state index in [1.54, 1.807) is 0 Å². The normalized spacial score (nSPS) is 15.0. The Balaban J connectivity index is 1.38. The van der Waals surface area contributed by atoms with E-state index in [-0.39, 0.29) is 5.91 Å². The summed E-state index contributed by atoms with van der Waals surface area (Å²) in [4.78, 5) is 16.9. The number of nitrogens with zero attached hydrogens (tertiary/aromatic N) is 2. The molecular weight excluding hydrogens is 336 g/mol. The molecule has 1 amide bonds. The summed E-state index contributed by atoms with van der Waals surface area (Å²) in [7, 11) is 2.16. The second kappa shape index (κ2) is 9.53. The van der Waals surface area contributed by atoms with E-state index < -0.39 is 0 Å². The minimum absolute atomic E-state index is 0.0405. The highest BCUT2D eigenvalue weighted by atomic mass is 16.1. The highest BCUT2D eigenvalue weighted by Gasteiger charge is 2.14. The van der Waals surface area contributed by atoms with E-state index in [0.29, 0.717) is 13.0 Å². The summed E-state index contributed by atoms with van der Waals surface area (Å²) in [6.07, 6.45) is 0.464. The molecule has 0 saturated carbocycles. The first-order valence-corrected chi connectivity index (χ1v) is 9.70. The first-order valence-electron chi connectivity index (χ1n) is 9.70. The van der Waals surface area contributed by atoms with Gasteiger partial charge in [-0.25, -0.2) is 0 Å². The highest BCUT2D eigenvalue weighted by molar-refractivity contribution is 5.91. The van der Waals surface area contributed by atoms with Crippen molar-refractivity contribution in [2.24, 2.45) is 0 Å². The van der Waals surface area contributed by atoms with Gasteiger partial charge in [0.1, 0.15) is 0 Å². The number of piperazine rings is 1. The fourth-order valence-corrected chi connectivity index (χ4v) is 3.18. The van der Waals surface area contributed by atoms with Crippen molar-refractivity contribution in [3.63, 3.8) is 0 Å². The monoisotopic (exact) mass is 366 g/mol. The Labute approximate surface area is 162 Å². The summed E-state index contributed by atoms with van der Waals surface area (Å²) in [6, 6.07) is 16.6. The third kappa shape index (κ3) is 6.08. The van der Waals surface area contributed by atoms with Crippen molar-refractivity contribution in [1.29, 1.82) is 0 Å². The lowest BCUT2D eigenvalue weighted by Crippen LogP contribution is -2.44. The van der Waals surface area contributed by atoms with Gasteiger partial charge in [0.25, 0.3) is 0 Å². The number of carbonyl (C=O) groups excluding carboxylic acids is 1. The zero-order valence-electron chi connectivity index (χ0n) is 16.4. The summed E-state index contributed by atoms with van der Waals surface area (Å²) in [5.74, 6) is 0.0405. The van der Waals surface area contributed by atoms with Crippen LogP contribution in [0, 0.1) is 6.92 Å². The summed E-state index contributed by atoms with van der Waals surface area (Å²) in [6.45, 7) is 7.82. The molecular formula is C22H30N4O. The number of nitrogens with one attached hydrogen (secondary N) is 2. The van der Waals surface area contributed by atoms with Gasteiger partial charge in [0.05, 0.1) is 0 Å². The van der Waals surface area contributed by atoms with Crippen LogP contribution in [0.5, 0.6) is 0 Å². The Morgan fingerprint density at radius 1 is 0.963 bits per heavy atom. The topological polar surface area (TPSA) is 47.6 Å². The Kier molecular flexibility index (Phi) is 6.85. The summed E-state index contributed by atoms with van der Waals surface area (Å²) >= 11 is 0. The zero-order valence-corrected chi connectivity index (χ0v) is 16.4. The van der Waals surface area contributed by atoms with Gasteiger partial charge in [-0.1, -0.05) is 29.8 Å². The fraction of sp³-hybridized carbons (Fsp3) is 0.409. The van der Waals surface area contributed by atoms with Crippen molar-refractivity contribution in [1.82, 2.24) is 10.2 Å². The lowest BCUT2D eigenvalue weighted by Gasteiger charge is -2.34. The molecule has 2 N–H and O–H groups in total. The van der Waals surface area contributed by atoms with Gasteiger partial charge in [-0.3, -0.25) is 4.79 Å². The van der Waals surface area contributed by atoms with E-state index in [1.165, 1.54) is 16.8 Å². The first kappa shape index (κ1) is 19.4. The van der Waals surface area contributed by atoms with Gasteiger partial charge < -0.3 is 20.4 Å². The van der Waals surface area contributed by atoms with E-state index in [9.17, 15) is 4.79 Å². The summed E-state index contributed by atoms with van der Waals surface area (Å²) < 4.78 is 0. The van der Waals surface area contributed by atoms with Crippen LogP contribution in [0.2, 0.25) is 0 Å². The Morgan fingerprint density at radius 3 is 2.30 bits per heavy atom. The molecule has 2 aromatic rings. The number of likely N-dealkylation sites (N-methyl/N-ethyl adjacent to an activating group) is 1. The van der Waals surface area contributed by atoms with Gasteiger partial charge >= 0.3 is 0 Å². The van der Waals surface area contributed by atoms with E-state index in [0.717, 1.165) is 38.4 Å². The predicted molar refractivity (Wildman–Crippen MR) is 112 cm³/mol. The molecule has 1 aliphatic heterocycles. The fourth-order valence-electron chi connectivity index (χ4n) is 3.18. The third-order valence-electron chi connectivity index (χ3n) is 5.00. The van der Waals surface area contributed by atoms with Crippen LogP contribution in [0.1, 0.15) is 17.5 Å². The average molecular weight is 367 g/mol. The molecule has 144 valence electrons. The maximum absolute atomic E-state index is 12.1. The van der Waals surface area contributed by atoms with E-state index in [1.807, 2.05) is 12.1 Å². The van der Waals surface area contributed by atoms with Crippen LogP contribution in [0.25, 0.3) is 0 Å². The molecule has 0 unspecified atom stereocenters. The second-order valence-corrected chi connectivity index (χ2v) is 7.30. The van der Waals surface area contributed by atoms with Crippen LogP contribution < -0.4 is 15.5 Å². The van der Waals surface area contributed by atoms with Crippen LogP contribution in [-0.4, -0.2) is 50.6 Å². The standard InChI is InChI=1S/C22H30N4O/c1-18-3-5-19(6-4-18)17-23-12-11-22(27)24-20-7-9-21(10-8-20)26-15-13-25(2)14-16-26/h3-10,23H,11-17H2,1-2H3,(H,24,27). The van der Waals surface area contributed by atoms with Gasteiger partial charge in [-0.05, 0) is 43.8 Å². The van der Waals surface area contributed by atoms with Crippen molar-refractivity contribution in [2.75, 3.05) is 50.0 Å². The molecule has 1 aliphatic rings. The van der Waals surface area contributed by atoms with Crippen LogP contribution in [0.15, 0.2) is 48.5 Å². The molecule has 0 spiro atoms. The number of hydrogen-bond donors (Lipinski definition) is 2. The molecule has 2 aromatic carbocycles. The minimum Gasteiger partial charge on any atom is -0.369 e. The van der Waals surface area contributed by atoms with Crippen molar-refractivity contribution in [3.8, 4) is 0 Å². The molecule has 5 nitrogen and oxygen atoms in total. The number of amides is 1. The maximum atomic E-state index is 12.1. The van der Waals surface area contributed by atoms with Crippen LogP contribution in [-0.2, 0) is 11.3 Å². The van der Waals surface area contributed by atoms with E-state index in [2.05, 4.69) is 70.8 Å². The molecule has 0 aliphatic carbocycles. The minimum atomic E-state index is 0.0405. The van der Waals surface area contributed by atoms with Crippen LogP contribution in [0.3, 0.4) is 0 Å². The Hall–Kier alpha value is -2.37. The number of rotatable bonds is 7. The van der Waals surface area contributed by atoms with Gasteiger partial charge in [0.15, 0.2) is 0 Å². The predicted octanol–water partition coefficient (Wildman–Crippen LogP) is 2.87. The molecule has 0 radical (unpaired) electrons. The zero-order chi connectivity index (χ0) is 19.1. The molecule has 0 aromatic heterocycles. The number of anilines is 2. The van der Waals surface area contributed by atoms with Gasteiger partial charge in [-0.2, -0.15) is 0 Å². The van der Waals surface area contributed by atoms with Crippen molar-refractivity contribution in [3.05, 3.63) is 59.7 Å². The Morgan fingerprint density at radius 2 is 1.63 bits per heavy atom. The quantitative estimate of drug-likeness (QED) is 0.740. The molecule has 27 heavy (non-hydrogen) atoms. The lowest BCUT2D eigenvalue weighted by atomic mass is 10.1. The lowest BCUT2D eigenvalue weighted by molar-refractivity contribution is -0.116. The smallest absolute Gasteiger partial charge is 0.225 e. The highest BCUT2D eigenvalue weighted by Crippen LogP contribution is 2.19. The molecule has 3 rings (SSSR count). The molecule has 1 saturated heterocycles. The molecule has 1 fully saturated rings. The van der Waals surface area contributed by atoms with Crippen molar-refractivity contribution >= 4 is 17.3 Å². The summed E-state index contributed by atoms with van der Waals surface area (Å²) in [5, 5.41) is 6.30. The first-order chi connectivity index (χ1) is 13.1. The number of aryl methyl sites for hydroxylation is 1. The van der Waals surface area contributed by atoms with Gasteiger partial charge in [-0.15, -0.1) is 0 Å².